The maximum Gasteiger partial charge on any atom is -0.0162 e. The fourth-order valence-corrected chi connectivity index (χ4v) is 2.15. The number of hydrogen-bond acceptors (Lipinski definition) is 0. The first-order valence-corrected chi connectivity index (χ1v) is 6.24. The van der Waals surface area contributed by atoms with Gasteiger partial charge in [-0.2, -0.15) is 0 Å². The van der Waals surface area contributed by atoms with Crippen molar-refractivity contribution in [1.82, 2.24) is 0 Å². The first-order chi connectivity index (χ1) is 7.46. The zero-order chi connectivity index (χ0) is 11.8. The van der Waals surface area contributed by atoms with E-state index in [1.54, 1.807) is 0 Å². The second-order valence-electron chi connectivity index (χ2n) is 6.24. The van der Waals surface area contributed by atoms with Crippen LogP contribution in [0.3, 0.4) is 0 Å². The van der Waals surface area contributed by atoms with Crippen LogP contribution in [-0.4, -0.2) is 0 Å². The molecule has 0 heterocycles. The monoisotopic (exact) mass is 214 g/mol. The van der Waals surface area contributed by atoms with Crippen molar-refractivity contribution in [1.29, 1.82) is 0 Å². The first-order valence-electron chi connectivity index (χ1n) is 6.24. The second kappa shape index (κ2) is 4.08. The van der Waals surface area contributed by atoms with Gasteiger partial charge in [0.05, 0.1) is 0 Å². The predicted molar refractivity (Wildman–Crippen MR) is 71.5 cm³/mol. The Hall–Kier alpha value is -1.04. The normalized spacial score (nSPS) is 16.2. The fourth-order valence-electron chi connectivity index (χ4n) is 2.15. The van der Waals surface area contributed by atoms with Crippen LogP contribution in [0.1, 0.15) is 57.1 Å². The van der Waals surface area contributed by atoms with E-state index >= 15 is 0 Å². The van der Waals surface area contributed by atoms with E-state index in [1.165, 1.54) is 29.5 Å². The van der Waals surface area contributed by atoms with Gasteiger partial charge in [0, 0.05) is 0 Å². The minimum atomic E-state index is 0.326. The van der Waals surface area contributed by atoms with Gasteiger partial charge in [-0.25, -0.2) is 0 Å². The van der Waals surface area contributed by atoms with Crippen LogP contribution in [0.15, 0.2) is 30.8 Å². The lowest BCUT2D eigenvalue weighted by Gasteiger charge is -2.20. The Labute approximate surface area is 99.4 Å². The molecule has 2 rings (SSSR count). The highest BCUT2D eigenvalue weighted by atomic mass is 14.3. The summed E-state index contributed by atoms with van der Waals surface area (Å²) >= 11 is 0. The van der Waals surface area contributed by atoms with Crippen LogP contribution in [0.2, 0.25) is 0 Å². The van der Waals surface area contributed by atoms with E-state index in [9.17, 15) is 0 Å². The Kier molecular flexibility index (Phi) is 2.92. The molecule has 0 radical (unpaired) electrons. The highest BCUT2D eigenvalue weighted by Gasteiger charge is 2.23. The molecule has 0 aromatic heterocycles. The SMILES string of the molecule is C=C(CC(C)(C)C)c1ccc(C2CC2)cc1. The summed E-state index contributed by atoms with van der Waals surface area (Å²) < 4.78 is 0. The van der Waals surface area contributed by atoms with Gasteiger partial charge in [-0.15, -0.1) is 0 Å². The first kappa shape index (κ1) is 11.4. The number of allylic oxidation sites excluding steroid dienone is 1. The molecule has 0 N–H and O–H groups in total. The molecule has 16 heavy (non-hydrogen) atoms. The molecule has 0 amide bonds. The van der Waals surface area contributed by atoms with Gasteiger partial charge in [-0.3, -0.25) is 0 Å². The third kappa shape index (κ3) is 2.98. The Morgan fingerprint density at radius 1 is 1.19 bits per heavy atom. The molecule has 0 unspecified atom stereocenters. The number of rotatable bonds is 3. The molecule has 1 aromatic carbocycles. The standard InChI is InChI=1S/C16H22/c1-12(11-16(2,3)4)13-5-7-14(8-6-13)15-9-10-15/h5-8,15H,1,9-11H2,2-4H3. The molecule has 86 valence electrons. The van der Waals surface area contributed by atoms with Crippen molar-refractivity contribution in [3.05, 3.63) is 42.0 Å². The van der Waals surface area contributed by atoms with Crippen molar-refractivity contribution in [3.63, 3.8) is 0 Å². The molecule has 0 nitrogen and oxygen atoms in total. The van der Waals surface area contributed by atoms with Gasteiger partial charge in [0.1, 0.15) is 0 Å². The highest BCUT2D eigenvalue weighted by molar-refractivity contribution is 5.64. The molecule has 1 aromatic rings. The van der Waals surface area contributed by atoms with E-state index in [4.69, 9.17) is 0 Å². The summed E-state index contributed by atoms with van der Waals surface area (Å²) in [7, 11) is 0. The molecule has 0 bridgehead atoms. The van der Waals surface area contributed by atoms with Crippen molar-refractivity contribution in [2.45, 2.75) is 46.0 Å². The molecule has 0 spiro atoms. The van der Waals surface area contributed by atoms with Crippen molar-refractivity contribution in [2.24, 2.45) is 5.41 Å². The Bertz CT molecular complexity index is 371. The van der Waals surface area contributed by atoms with Gasteiger partial charge in [-0.1, -0.05) is 51.6 Å². The average molecular weight is 214 g/mol. The van der Waals surface area contributed by atoms with E-state index < -0.39 is 0 Å². The van der Waals surface area contributed by atoms with Crippen molar-refractivity contribution < 1.29 is 0 Å². The van der Waals surface area contributed by atoms with Crippen LogP contribution in [0.5, 0.6) is 0 Å². The van der Waals surface area contributed by atoms with Crippen LogP contribution in [0.25, 0.3) is 5.57 Å². The molecule has 0 saturated heterocycles. The molecule has 0 aliphatic heterocycles. The average Bonchev–Trinajstić information content (AvgIpc) is 2.98. The van der Waals surface area contributed by atoms with Crippen LogP contribution in [0.4, 0.5) is 0 Å². The zero-order valence-corrected chi connectivity index (χ0v) is 10.7. The zero-order valence-electron chi connectivity index (χ0n) is 10.7. The fraction of sp³-hybridized carbons (Fsp3) is 0.500. The molecular formula is C16H22. The van der Waals surface area contributed by atoms with Crippen molar-refractivity contribution in [2.75, 3.05) is 0 Å². The quantitative estimate of drug-likeness (QED) is 0.663. The summed E-state index contributed by atoms with van der Waals surface area (Å²) in [6.45, 7) is 11.0. The number of hydrogen-bond donors (Lipinski definition) is 0. The molecule has 0 heteroatoms. The largest absolute Gasteiger partial charge is 0.0952 e. The molecule has 0 atom stereocenters. The van der Waals surface area contributed by atoms with Crippen LogP contribution >= 0.6 is 0 Å². The molecular weight excluding hydrogens is 192 g/mol. The number of benzene rings is 1. The van der Waals surface area contributed by atoms with Crippen molar-refractivity contribution >= 4 is 5.57 Å². The Morgan fingerprint density at radius 2 is 1.75 bits per heavy atom. The summed E-state index contributed by atoms with van der Waals surface area (Å²) in [4.78, 5) is 0. The van der Waals surface area contributed by atoms with Crippen LogP contribution in [-0.2, 0) is 0 Å². The maximum atomic E-state index is 4.20. The Morgan fingerprint density at radius 3 is 2.19 bits per heavy atom. The lowest BCUT2D eigenvalue weighted by molar-refractivity contribution is 0.427. The summed E-state index contributed by atoms with van der Waals surface area (Å²) in [5, 5.41) is 0. The smallest absolute Gasteiger partial charge is 0.0162 e. The van der Waals surface area contributed by atoms with Crippen LogP contribution < -0.4 is 0 Å². The van der Waals surface area contributed by atoms with E-state index in [2.05, 4.69) is 51.6 Å². The minimum Gasteiger partial charge on any atom is -0.0952 e. The molecule has 1 saturated carbocycles. The minimum absolute atomic E-state index is 0.326. The summed E-state index contributed by atoms with van der Waals surface area (Å²) in [6.07, 6.45) is 3.82. The lowest BCUT2D eigenvalue weighted by atomic mass is 9.86. The highest BCUT2D eigenvalue weighted by Crippen LogP contribution is 2.40. The molecule has 1 aliphatic carbocycles. The summed E-state index contributed by atoms with van der Waals surface area (Å²) in [5.74, 6) is 0.852. The van der Waals surface area contributed by atoms with Gasteiger partial charge < -0.3 is 0 Å². The lowest BCUT2D eigenvalue weighted by Crippen LogP contribution is -2.05. The molecule has 1 aliphatic rings. The van der Waals surface area contributed by atoms with Crippen LogP contribution in [0, 0.1) is 5.41 Å². The van der Waals surface area contributed by atoms with Gasteiger partial charge in [0.15, 0.2) is 0 Å². The Balaban J connectivity index is 2.06. The van der Waals surface area contributed by atoms with Gasteiger partial charge in [0.2, 0.25) is 0 Å². The second-order valence-corrected chi connectivity index (χ2v) is 6.24. The topological polar surface area (TPSA) is 0 Å². The van der Waals surface area contributed by atoms with Gasteiger partial charge in [0.25, 0.3) is 0 Å². The summed E-state index contributed by atoms with van der Waals surface area (Å²) in [5.41, 5.74) is 4.40. The van der Waals surface area contributed by atoms with Gasteiger partial charge in [-0.05, 0) is 47.3 Å². The van der Waals surface area contributed by atoms with E-state index in [0.29, 0.717) is 5.41 Å². The van der Waals surface area contributed by atoms with Crippen molar-refractivity contribution in [3.8, 4) is 0 Å². The van der Waals surface area contributed by atoms with E-state index in [0.717, 1.165) is 12.3 Å². The van der Waals surface area contributed by atoms with E-state index in [1.807, 2.05) is 0 Å². The molecule has 1 fully saturated rings. The maximum absolute atomic E-state index is 4.20. The summed E-state index contributed by atoms with van der Waals surface area (Å²) in [6, 6.07) is 9.03. The van der Waals surface area contributed by atoms with E-state index in [-0.39, 0.29) is 0 Å². The third-order valence-corrected chi connectivity index (χ3v) is 3.11. The third-order valence-electron chi connectivity index (χ3n) is 3.11. The van der Waals surface area contributed by atoms with Gasteiger partial charge >= 0.3 is 0 Å². The predicted octanol–water partition coefficient (Wildman–Crippen LogP) is 5.01.